The minimum atomic E-state index is -0.554. The molecule has 0 bridgehead atoms. The van der Waals surface area contributed by atoms with Gasteiger partial charge in [-0.1, -0.05) is 13.0 Å². The Bertz CT molecular complexity index is 551. The van der Waals surface area contributed by atoms with Crippen LogP contribution in [0.3, 0.4) is 0 Å². The molecule has 1 aromatic carbocycles. The van der Waals surface area contributed by atoms with Crippen molar-refractivity contribution in [3.8, 4) is 0 Å². The fourth-order valence-electron chi connectivity index (χ4n) is 2.16. The topological polar surface area (TPSA) is 29.9 Å². The van der Waals surface area contributed by atoms with Crippen molar-refractivity contribution in [2.45, 2.75) is 19.4 Å². The third-order valence-corrected chi connectivity index (χ3v) is 3.11. The molecule has 0 spiro atoms. The summed E-state index contributed by atoms with van der Waals surface area (Å²) >= 11 is 0. The van der Waals surface area contributed by atoms with Crippen LogP contribution in [0.15, 0.2) is 30.5 Å². The van der Waals surface area contributed by atoms with Crippen molar-refractivity contribution in [1.29, 1.82) is 0 Å². The van der Waals surface area contributed by atoms with Crippen molar-refractivity contribution in [2.24, 2.45) is 7.05 Å². The number of hydrogen-bond acceptors (Lipinski definition) is 2. The average molecular weight is 265 g/mol. The first-order valence-corrected chi connectivity index (χ1v) is 6.27. The Balaban J connectivity index is 2.24. The van der Waals surface area contributed by atoms with Gasteiger partial charge in [0, 0.05) is 19.3 Å². The first kappa shape index (κ1) is 13.7. The van der Waals surface area contributed by atoms with Crippen LogP contribution in [0.1, 0.15) is 24.2 Å². The van der Waals surface area contributed by atoms with E-state index in [0.717, 1.165) is 18.3 Å². The lowest BCUT2D eigenvalue weighted by atomic mass is 10.0. The Kier molecular flexibility index (Phi) is 4.27. The van der Waals surface area contributed by atoms with Crippen molar-refractivity contribution < 1.29 is 8.78 Å². The van der Waals surface area contributed by atoms with Crippen LogP contribution in [0.25, 0.3) is 0 Å². The van der Waals surface area contributed by atoms with Crippen molar-refractivity contribution in [3.63, 3.8) is 0 Å². The quantitative estimate of drug-likeness (QED) is 0.900. The zero-order chi connectivity index (χ0) is 13.8. The molecule has 0 saturated carbocycles. The smallest absolute Gasteiger partial charge is 0.129 e. The summed E-state index contributed by atoms with van der Waals surface area (Å²) in [6.07, 6.45) is 2.17. The summed E-state index contributed by atoms with van der Waals surface area (Å²) in [5.41, 5.74) is 1.47. The van der Waals surface area contributed by atoms with Gasteiger partial charge in [0.1, 0.15) is 11.6 Å². The van der Waals surface area contributed by atoms with Crippen molar-refractivity contribution >= 4 is 0 Å². The number of benzene rings is 1. The maximum Gasteiger partial charge on any atom is 0.129 e. The number of nitrogens with one attached hydrogen (secondary N) is 1. The Hall–Kier alpha value is -1.75. The average Bonchev–Trinajstić information content (AvgIpc) is 2.78. The fraction of sp³-hybridized carbons (Fsp3) is 0.357. The third-order valence-electron chi connectivity index (χ3n) is 3.11. The highest BCUT2D eigenvalue weighted by Gasteiger charge is 2.16. The summed E-state index contributed by atoms with van der Waals surface area (Å²) in [4.78, 5) is 0. The lowest BCUT2D eigenvalue weighted by Crippen LogP contribution is -2.25. The molecule has 3 nitrogen and oxygen atoms in total. The van der Waals surface area contributed by atoms with E-state index in [1.807, 2.05) is 20.0 Å². The highest BCUT2D eigenvalue weighted by Crippen LogP contribution is 2.20. The second-order valence-corrected chi connectivity index (χ2v) is 4.43. The maximum absolute atomic E-state index is 13.7. The van der Waals surface area contributed by atoms with Gasteiger partial charge in [-0.3, -0.25) is 4.68 Å². The van der Waals surface area contributed by atoms with Gasteiger partial charge in [0.15, 0.2) is 0 Å². The molecule has 0 amide bonds. The van der Waals surface area contributed by atoms with Gasteiger partial charge in [-0.15, -0.1) is 0 Å². The predicted octanol–water partition coefficient (Wildman–Crippen LogP) is 2.59. The van der Waals surface area contributed by atoms with Crippen molar-refractivity contribution in [1.82, 2.24) is 15.1 Å². The molecule has 0 aliphatic heterocycles. The Morgan fingerprint density at radius 2 is 2.11 bits per heavy atom. The number of aryl methyl sites for hydroxylation is 1. The minimum absolute atomic E-state index is 0.0440. The monoisotopic (exact) mass is 265 g/mol. The van der Waals surface area contributed by atoms with Crippen LogP contribution in [-0.4, -0.2) is 16.3 Å². The van der Waals surface area contributed by atoms with Crippen LogP contribution in [0, 0.1) is 11.6 Å². The minimum Gasteiger partial charge on any atom is -0.309 e. The van der Waals surface area contributed by atoms with E-state index < -0.39 is 11.6 Å². The summed E-state index contributed by atoms with van der Waals surface area (Å²) in [6.45, 7) is 2.75. The van der Waals surface area contributed by atoms with E-state index in [0.29, 0.717) is 12.0 Å². The number of rotatable bonds is 5. The van der Waals surface area contributed by atoms with Gasteiger partial charge in [0.2, 0.25) is 0 Å². The molecule has 0 radical (unpaired) electrons. The number of likely N-dealkylation sites (N-methyl/N-ethyl adjacent to an activating group) is 1. The molecule has 1 heterocycles. The number of aromatic nitrogens is 2. The molecular weight excluding hydrogens is 248 g/mol. The lowest BCUT2D eigenvalue weighted by Gasteiger charge is -2.18. The molecular formula is C14H17F2N3. The van der Waals surface area contributed by atoms with Crippen LogP contribution in [0.5, 0.6) is 0 Å². The van der Waals surface area contributed by atoms with E-state index >= 15 is 0 Å². The Morgan fingerprint density at radius 1 is 1.32 bits per heavy atom. The van der Waals surface area contributed by atoms with Crippen LogP contribution >= 0.6 is 0 Å². The summed E-state index contributed by atoms with van der Waals surface area (Å²) < 4.78 is 28.4. The number of hydrogen-bond donors (Lipinski definition) is 1. The van der Waals surface area contributed by atoms with Gasteiger partial charge in [-0.2, -0.15) is 5.10 Å². The molecule has 0 fully saturated rings. The Labute approximate surface area is 111 Å². The number of halogens is 2. The van der Waals surface area contributed by atoms with Crippen LogP contribution in [0.2, 0.25) is 0 Å². The molecule has 0 saturated heterocycles. The molecule has 1 unspecified atom stereocenters. The SMILES string of the molecule is CCNC(Cc1ccc(F)cc1F)c1ccnn1C. The predicted molar refractivity (Wildman–Crippen MR) is 69.7 cm³/mol. The van der Waals surface area contributed by atoms with E-state index in [2.05, 4.69) is 10.4 Å². The molecule has 1 N–H and O–H groups in total. The molecule has 102 valence electrons. The van der Waals surface area contributed by atoms with Gasteiger partial charge in [-0.25, -0.2) is 8.78 Å². The summed E-state index contributed by atoms with van der Waals surface area (Å²) in [7, 11) is 1.85. The molecule has 19 heavy (non-hydrogen) atoms. The molecule has 2 rings (SSSR count). The maximum atomic E-state index is 13.7. The van der Waals surface area contributed by atoms with Crippen LogP contribution in [0.4, 0.5) is 8.78 Å². The molecule has 0 aliphatic rings. The summed E-state index contributed by atoms with van der Waals surface area (Å²) in [5, 5.41) is 7.42. The molecule has 0 aliphatic carbocycles. The normalized spacial score (nSPS) is 12.6. The zero-order valence-electron chi connectivity index (χ0n) is 11.0. The third kappa shape index (κ3) is 3.17. The summed E-state index contributed by atoms with van der Waals surface area (Å²) in [5.74, 6) is -1.06. The number of nitrogens with zero attached hydrogens (tertiary/aromatic N) is 2. The van der Waals surface area contributed by atoms with Crippen LogP contribution in [-0.2, 0) is 13.5 Å². The van der Waals surface area contributed by atoms with E-state index in [4.69, 9.17) is 0 Å². The van der Waals surface area contributed by atoms with E-state index in [1.54, 1.807) is 10.9 Å². The second kappa shape index (κ2) is 5.93. The second-order valence-electron chi connectivity index (χ2n) is 4.43. The lowest BCUT2D eigenvalue weighted by molar-refractivity contribution is 0.492. The van der Waals surface area contributed by atoms with E-state index in [1.165, 1.54) is 12.1 Å². The molecule has 1 aromatic heterocycles. The summed E-state index contributed by atoms with van der Waals surface area (Å²) in [6, 6.07) is 5.55. The van der Waals surface area contributed by atoms with Gasteiger partial charge in [0.25, 0.3) is 0 Å². The largest absolute Gasteiger partial charge is 0.309 e. The highest BCUT2D eigenvalue weighted by atomic mass is 19.1. The zero-order valence-corrected chi connectivity index (χ0v) is 11.0. The first-order chi connectivity index (χ1) is 9.11. The van der Waals surface area contributed by atoms with Crippen molar-refractivity contribution in [3.05, 3.63) is 53.4 Å². The van der Waals surface area contributed by atoms with Crippen molar-refractivity contribution in [2.75, 3.05) is 6.54 Å². The molecule has 1 atom stereocenters. The van der Waals surface area contributed by atoms with E-state index in [9.17, 15) is 8.78 Å². The molecule has 2 aromatic rings. The Morgan fingerprint density at radius 3 is 2.68 bits per heavy atom. The van der Waals surface area contributed by atoms with Gasteiger partial charge in [0.05, 0.1) is 11.7 Å². The molecule has 5 heteroatoms. The van der Waals surface area contributed by atoms with Gasteiger partial charge < -0.3 is 5.32 Å². The first-order valence-electron chi connectivity index (χ1n) is 6.27. The highest BCUT2D eigenvalue weighted by molar-refractivity contribution is 5.22. The van der Waals surface area contributed by atoms with E-state index in [-0.39, 0.29) is 6.04 Å². The van der Waals surface area contributed by atoms with Gasteiger partial charge >= 0.3 is 0 Å². The van der Waals surface area contributed by atoms with Gasteiger partial charge in [-0.05, 0) is 30.7 Å². The standard InChI is InChI=1S/C14H17F2N3/c1-3-17-13(14-6-7-18-19(14)2)8-10-4-5-11(15)9-12(10)16/h4-7,9,13,17H,3,8H2,1-2H3. The fourth-order valence-corrected chi connectivity index (χ4v) is 2.16. The van der Waals surface area contributed by atoms with Crippen LogP contribution < -0.4 is 5.32 Å².